The molecule has 25 heavy (non-hydrogen) atoms. The molecule has 5 heteroatoms. The topological polar surface area (TPSA) is 70.6 Å². The highest BCUT2D eigenvalue weighted by Gasteiger charge is 2.15. The molecule has 0 aliphatic heterocycles. The predicted molar refractivity (Wildman–Crippen MR) is 100 cm³/mol. The summed E-state index contributed by atoms with van der Waals surface area (Å²) in [7, 11) is 1.55. The van der Waals surface area contributed by atoms with E-state index in [0.717, 1.165) is 0 Å². The molecule has 2 aromatic carbocycles. The maximum absolute atomic E-state index is 12.0. The highest BCUT2D eigenvalue weighted by molar-refractivity contribution is 5.89. The van der Waals surface area contributed by atoms with E-state index >= 15 is 0 Å². The van der Waals surface area contributed by atoms with E-state index in [0.29, 0.717) is 17.0 Å². The lowest BCUT2D eigenvalue weighted by Crippen LogP contribution is -2.32. The number of rotatable bonds is 5. The fourth-order valence-electron chi connectivity index (χ4n) is 2.47. The molecule has 1 atom stereocenters. The van der Waals surface area contributed by atoms with Crippen LogP contribution < -0.4 is 15.4 Å². The van der Waals surface area contributed by atoms with E-state index in [-0.39, 0.29) is 18.0 Å². The molecule has 0 aliphatic rings. The van der Waals surface area contributed by atoms with Crippen LogP contribution in [0.25, 0.3) is 0 Å². The Morgan fingerprint density at radius 1 is 1.12 bits per heavy atom. The minimum Gasteiger partial charge on any atom is -0.496 e. The first kappa shape index (κ1) is 18.8. The molecule has 5 nitrogen and oxygen atoms in total. The number of benzene rings is 2. The number of carbonyl (C=O) groups excluding carboxylic acids is 1. The molecule has 0 saturated carbocycles. The first-order chi connectivity index (χ1) is 11.8. The van der Waals surface area contributed by atoms with Gasteiger partial charge in [0.05, 0.1) is 13.2 Å². The minimum absolute atomic E-state index is 0.0691. The average molecular weight is 342 g/mol. The third kappa shape index (κ3) is 5.22. The Morgan fingerprint density at radius 2 is 1.76 bits per heavy atom. The Balaban J connectivity index is 1.90. The van der Waals surface area contributed by atoms with E-state index < -0.39 is 6.10 Å². The lowest BCUT2D eigenvalue weighted by atomic mass is 9.87. The van der Waals surface area contributed by atoms with Crippen LogP contribution in [0.4, 0.5) is 10.5 Å². The van der Waals surface area contributed by atoms with Crippen molar-refractivity contribution in [3.63, 3.8) is 0 Å². The van der Waals surface area contributed by atoms with Crippen molar-refractivity contribution < 1.29 is 14.6 Å². The van der Waals surface area contributed by atoms with E-state index in [1.807, 2.05) is 36.4 Å². The van der Waals surface area contributed by atoms with Crippen molar-refractivity contribution in [2.45, 2.75) is 32.3 Å². The van der Waals surface area contributed by atoms with Crippen molar-refractivity contribution in [2.24, 2.45) is 0 Å². The van der Waals surface area contributed by atoms with Gasteiger partial charge in [0.15, 0.2) is 0 Å². The number of aliphatic hydroxyl groups is 1. The van der Waals surface area contributed by atoms with Crippen molar-refractivity contribution in [1.82, 2.24) is 5.32 Å². The summed E-state index contributed by atoms with van der Waals surface area (Å²) in [5, 5.41) is 15.7. The molecule has 0 aromatic heterocycles. The van der Waals surface area contributed by atoms with Gasteiger partial charge in [-0.25, -0.2) is 4.79 Å². The van der Waals surface area contributed by atoms with Crippen LogP contribution in [-0.2, 0) is 5.41 Å². The number of methoxy groups -OCH3 is 1. The van der Waals surface area contributed by atoms with Crippen molar-refractivity contribution in [1.29, 1.82) is 0 Å². The number of para-hydroxylation sites is 1. The first-order valence-corrected chi connectivity index (χ1v) is 8.27. The zero-order valence-corrected chi connectivity index (χ0v) is 15.2. The summed E-state index contributed by atoms with van der Waals surface area (Å²) in [4.78, 5) is 12.0. The van der Waals surface area contributed by atoms with Gasteiger partial charge < -0.3 is 20.5 Å². The van der Waals surface area contributed by atoms with Gasteiger partial charge in [0.1, 0.15) is 5.75 Å². The van der Waals surface area contributed by atoms with Crippen molar-refractivity contribution in [3.05, 3.63) is 59.7 Å². The van der Waals surface area contributed by atoms with Crippen LogP contribution in [0.2, 0.25) is 0 Å². The molecule has 134 valence electrons. The number of anilines is 1. The number of urea groups is 1. The van der Waals surface area contributed by atoms with Crippen molar-refractivity contribution in [2.75, 3.05) is 19.0 Å². The van der Waals surface area contributed by atoms with Gasteiger partial charge in [-0.05, 0) is 29.2 Å². The van der Waals surface area contributed by atoms with E-state index in [1.54, 1.807) is 19.2 Å². The van der Waals surface area contributed by atoms with Crippen LogP contribution in [0.5, 0.6) is 5.75 Å². The van der Waals surface area contributed by atoms with E-state index in [2.05, 4.69) is 31.4 Å². The molecule has 0 radical (unpaired) electrons. The van der Waals surface area contributed by atoms with Crippen LogP contribution in [0, 0.1) is 0 Å². The second-order valence-corrected chi connectivity index (χ2v) is 6.92. The largest absolute Gasteiger partial charge is 0.496 e. The maximum Gasteiger partial charge on any atom is 0.319 e. The Hall–Kier alpha value is -2.53. The minimum atomic E-state index is -0.842. The molecule has 0 fully saturated rings. The fourth-order valence-corrected chi connectivity index (χ4v) is 2.47. The van der Waals surface area contributed by atoms with Gasteiger partial charge in [0.2, 0.25) is 0 Å². The summed E-state index contributed by atoms with van der Waals surface area (Å²) in [5.74, 6) is 0.593. The third-order valence-corrected chi connectivity index (χ3v) is 3.96. The first-order valence-electron chi connectivity index (χ1n) is 8.27. The summed E-state index contributed by atoms with van der Waals surface area (Å²) >= 11 is 0. The fraction of sp³-hybridized carbons (Fsp3) is 0.350. The Labute approximate surface area is 149 Å². The molecular formula is C20H26N2O3. The van der Waals surface area contributed by atoms with E-state index in [1.165, 1.54) is 5.56 Å². The number of aliphatic hydroxyl groups excluding tert-OH is 1. The summed E-state index contributed by atoms with van der Waals surface area (Å²) in [6.07, 6.45) is -0.842. The number of carbonyl (C=O) groups is 1. The molecular weight excluding hydrogens is 316 g/mol. The Bertz CT molecular complexity index is 706. The van der Waals surface area contributed by atoms with Gasteiger partial charge in [-0.1, -0.05) is 51.1 Å². The molecule has 0 bridgehead atoms. The lowest BCUT2D eigenvalue weighted by molar-refractivity contribution is 0.171. The molecule has 0 saturated heterocycles. The van der Waals surface area contributed by atoms with Crippen LogP contribution >= 0.6 is 0 Å². The second-order valence-electron chi connectivity index (χ2n) is 6.92. The number of nitrogens with one attached hydrogen (secondary N) is 2. The number of ether oxygens (including phenoxy) is 1. The van der Waals surface area contributed by atoms with Gasteiger partial charge in [0, 0.05) is 17.8 Å². The zero-order valence-electron chi connectivity index (χ0n) is 15.2. The van der Waals surface area contributed by atoms with Gasteiger partial charge in [-0.3, -0.25) is 0 Å². The molecule has 0 unspecified atom stereocenters. The highest BCUT2D eigenvalue weighted by atomic mass is 16.5. The molecule has 2 amide bonds. The van der Waals surface area contributed by atoms with Crippen LogP contribution in [0.3, 0.4) is 0 Å². The number of hydrogen-bond acceptors (Lipinski definition) is 3. The smallest absolute Gasteiger partial charge is 0.319 e. The predicted octanol–water partition coefficient (Wildman–Crippen LogP) is 3.85. The molecule has 2 rings (SSSR count). The SMILES string of the molecule is COc1ccccc1[C@@H](O)CNC(=O)Nc1ccc(C(C)(C)C)cc1. The van der Waals surface area contributed by atoms with E-state index in [9.17, 15) is 9.90 Å². The molecule has 0 aliphatic carbocycles. The lowest BCUT2D eigenvalue weighted by Gasteiger charge is -2.19. The van der Waals surface area contributed by atoms with Crippen LogP contribution in [-0.4, -0.2) is 24.8 Å². The Morgan fingerprint density at radius 3 is 2.36 bits per heavy atom. The quantitative estimate of drug-likeness (QED) is 0.773. The van der Waals surface area contributed by atoms with Gasteiger partial charge in [0.25, 0.3) is 0 Å². The summed E-state index contributed by atoms with van der Waals surface area (Å²) in [6.45, 7) is 6.51. The second kappa shape index (κ2) is 8.03. The van der Waals surface area contributed by atoms with Gasteiger partial charge in [-0.2, -0.15) is 0 Å². The van der Waals surface area contributed by atoms with E-state index in [4.69, 9.17) is 4.74 Å². The van der Waals surface area contributed by atoms with Crippen LogP contribution in [0.15, 0.2) is 48.5 Å². The van der Waals surface area contributed by atoms with Gasteiger partial charge >= 0.3 is 6.03 Å². The summed E-state index contributed by atoms with van der Waals surface area (Å²) in [5.41, 5.74) is 2.61. The zero-order chi connectivity index (χ0) is 18.4. The van der Waals surface area contributed by atoms with Crippen LogP contribution in [0.1, 0.15) is 38.0 Å². The number of hydrogen-bond donors (Lipinski definition) is 3. The highest BCUT2D eigenvalue weighted by Crippen LogP contribution is 2.25. The standard InChI is InChI=1S/C20H26N2O3/c1-20(2,3)14-9-11-15(12-10-14)22-19(24)21-13-17(23)16-7-5-6-8-18(16)25-4/h5-12,17,23H,13H2,1-4H3,(H2,21,22,24)/t17-/m0/s1. The van der Waals surface area contributed by atoms with Crippen molar-refractivity contribution in [3.8, 4) is 5.75 Å². The Kier molecular flexibility index (Phi) is 6.04. The summed E-state index contributed by atoms with van der Waals surface area (Å²) < 4.78 is 5.22. The average Bonchev–Trinajstić information content (AvgIpc) is 2.59. The third-order valence-electron chi connectivity index (χ3n) is 3.96. The summed E-state index contributed by atoms with van der Waals surface area (Å²) in [6, 6.07) is 14.6. The molecule has 0 spiro atoms. The normalized spacial score (nSPS) is 12.4. The molecule has 3 N–H and O–H groups in total. The number of amides is 2. The molecule has 0 heterocycles. The molecule has 2 aromatic rings. The van der Waals surface area contributed by atoms with Gasteiger partial charge in [-0.15, -0.1) is 0 Å². The monoisotopic (exact) mass is 342 g/mol. The maximum atomic E-state index is 12.0. The van der Waals surface area contributed by atoms with Crippen molar-refractivity contribution >= 4 is 11.7 Å².